The van der Waals surface area contributed by atoms with Crippen molar-refractivity contribution in [2.75, 3.05) is 25.0 Å². The Kier molecular flexibility index (Phi) is 6.56. The van der Waals surface area contributed by atoms with Crippen LogP contribution in [0.5, 0.6) is 0 Å². The molecule has 1 fully saturated rings. The molecule has 0 aromatic heterocycles. The van der Waals surface area contributed by atoms with Gasteiger partial charge in [-0.15, -0.1) is 0 Å². The number of carbonyl (C=O) groups is 1. The molecule has 1 aliphatic rings. The second-order valence-electron chi connectivity index (χ2n) is 5.70. The third kappa shape index (κ3) is 5.30. The molecule has 7 heteroatoms. The molecule has 0 saturated carbocycles. The van der Waals surface area contributed by atoms with E-state index in [1.165, 1.54) is 4.31 Å². The number of amides is 1. The highest BCUT2D eigenvalue weighted by atomic mass is 32.2. The topological polar surface area (TPSA) is 78.5 Å². The molecule has 0 bridgehead atoms. The van der Waals surface area contributed by atoms with E-state index in [1.54, 1.807) is 0 Å². The summed E-state index contributed by atoms with van der Waals surface area (Å²) >= 11 is 0. The minimum atomic E-state index is -3.59. The summed E-state index contributed by atoms with van der Waals surface area (Å²) in [6, 6.07) is 7.52. The summed E-state index contributed by atoms with van der Waals surface area (Å²) in [5.41, 5.74) is 1.75. The number of rotatable bonds is 6. The smallest absolute Gasteiger partial charge is 0.279 e. The van der Waals surface area contributed by atoms with Crippen molar-refractivity contribution in [1.82, 2.24) is 9.03 Å². The van der Waals surface area contributed by atoms with Crippen molar-refractivity contribution in [3.63, 3.8) is 0 Å². The van der Waals surface area contributed by atoms with Gasteiger partial charge < -0.3 is 5.32 Å². The fraction of sp³-hybridized carbons (Fsp3) is 0.562. The van der Waals surface area contributed by atoms with Gasteiger partial charge in [0.2, 0.25) is 5.91 Å². The monoisotopic (exact) mass is 339 g/mol. The van der Waals surface area contributed by atoms with Crippen molar-refractivity contribution < 1.29 is 13.2 Å². The lowest BCUT2D eigenvalue weighted by Crippen LogP contribution is -2.44. The van der Waals surface area contributed by atoms with Gasteiger partial charge >= 0.3 is 0 Å². The lowest BCUT2D eigenvalue weighted by Gasteiger charge is -2.20. The van der Waals surface area contributed by atoms with Crippen LogP contribution in [0.3, 0.4) is 0 Å². The Morgan fingerprint density at radius 3 is 2.43 bits per heavy atom. The fourth-order valence-electron chi connectivity index (χ4n) is 2.68. The Labute approximate surface area is 138 Å². The van der Waals surface area contributed by atoms with Gasteiger partial charge in [-0.3, -0.25) is 4.79 Å². The van der Waals surface area contributed by atoms with Crippen LogP contribution in [0.4, 0.5) is 5.69 Å². The van der Waals surface area contributed by atoms with Gasteiger partial charge in [-0.1, -0.05) is 38.0 Å². The van der Waals surface area contributed by atoms with Crippen molar-refractivity contribution in [1.29, 1.82) is 0 Å². The zero-order chi connectivity index (χ0) is 16.7. The summed E-state index contributed by atoms with van der Waals surface area (Å²) in [6.45, 7) is 2.80. The number of hydrogen-bond donors (Lipinski definition) is 2. The average Bonchev–Trinajstić information content (AvgIpc) is 2.83. The highest BCUT2D eigenvalue weighted by Gasteiger charge is 2.23. The van der Waals surface area contributed by atoms with Crippen LogP contribution in [-0.2, 0) is 21.4 Å². The number of nitrogens with one attached hydrogen (secondary N) is 2. The molecular weight excluding hydrogens is 314 g/mol. The zero-order valence-corrected chi connectivity index (χ0v) is 14.4. The number of aryl methyl sites for hydroxylation is 1. The van der Waals surface area contributed by atoms with E-state index in [9.17, 15) is 13.2 Å². The summed E-state index contributed by atoms with van der Waals surface area (Å²) in [4.78, 5) is 12.0. The molecule has 128 valence electrons. The molecule has 0 spiro atoms. The van der Waals surface area contributed by atoms with E-state index in [2.05, 4.69) is 10.0 Å². The molecule has 6 nitrogen and oxygen atoms in total. The molecule has 0 radical (unpaired) electrons. The number of carbonyl (C=O) groups excluding carboxylic acids is 1. The van der Waals surface area contributed by atoms with Crippen molar-refractivity contribution in [3.8, 4) is 0 Å². The molecule has 1 aliphatic heterocycles. The van der Waals surface area contributed by atoms with Gasteiger partial charge in [0.05, 0.1) is 6.54 Å². The van der Waals surface area contributed by atoms with Crippen LogP contribution in [0.25, 0.3) is 0 Å². The molecule has 0 atom stereocenters. The molecule has 1 aromatic carbocycles. The van der Waals surface area contributed by atoms with Crippen LogP contribution >= 0.6 is 0 Å². The molecule has 0 unspecified atom stereocenters. The maximum absolute atomic E-state index is 12.3. The molecular formula is C16H25N3O3S. The quantitative estimate of drug-likeness (QED) is 0.831. The maximum atomic E-state index is 12.3. The Bertz CT molecular complexity index is 623. The summed E-state index contributed by atoms with van der Waals surface area (Å²) in [5.74, 6) is -0.357. The minimum Gasteiger partial charge on any atom is -0.325 e. The number of para-hydroxylation sites is 1. The van der Waals surface area contributed by atoms with E-state index >= 15 is 0 Å². The van der Waals surface area contributed by atoms with E-state index in [1.807, 2.05) is 31.2 Å². The van der Waals surface area contributed by atoms with Crippen molar-refractivity contribution in [2.24, 2.45) is 0 Å². The second kappa shape index (κ2) is 8.42. The molecule has 0 aliphatic carbocycles. The van der Waals surface area contributed by atoms with Gasteiger partial charge in [-0.05, 0) is 30.9 Å². The predicted octanol–water partition coefficient (Wildman–Crippen LogP) is 1.90. The third-order valence-electron chi connectivity index (χ3n) is 3.99. The number of anilines is 1. The van der Waals surface area contributed by atoms with E-state index < -0.39 is 10.2 Å². The number of benzene rings is 1. The molecule has 1 aromatic rings. The average molecular weight is 339 g/mol. The van der Waals surface area contributed by atoms with Crippen molar-refractivity contribution >= 4 is 21.8 Å². The Balaban J connectivity index is 1.90. The molecule has 1 saturated heterocycles. The minimum absolute atomic E-state index is 0.253. The van der Waals surface area contributed by atoms with E-state index in [4.69, 9.17) is 0 Å². The second-order valence-corrected chi connectivity index (χ2v) is 7.45. The van der Waals surface area contributed by atoms with Crippen LogP contribution in [0, 0.1) is 0 Å². The number of nitrogens with zero attached hydrogens (tertiary/aromatic N) is 1. The van der Waals surface area contributed by atoms with Crippen LogP contribution in [0.2, 0.25) is 0 Å². The molecule has 2 rings (SSSR count). The first kappa shape index (κ1) is 17.9. The SMILES string of the molecule is CCc1ccccc1NC(=O)CNS(=O)(=O)N1CCCCCC1. The standard InChI is InChI=1S/C16H25N3O3S/c1-2-14-9-5-6-10-15(14)18-16(20)13-17-23(21,22)19-11-7-3-4-8-12-19/h5-6,9-10,17H,2-4,7-8,11-13H2,1H3,(H,18,20). The van der Waals surface area contributed by atoms with Crippen LogP contribution < -0.4 is 10.0 Å². The normalized spacial score (nSPS) is 16.7. The lowest BCUT2D eigenvalue weighted by atomic mass is 10.1. The molecule has 1 amide bonds. The lowest BCUT2D eigenvalue weighted by molar-refractivity contribution is -0.115. The molecule has 23 heavy (non-hydrogen) atoms. The van der Waals surface area contributed by atoms with E-state index in [-0.39, 0.29) is 12.5 Å². The van der Waals surface area contributed by atoms with Gasteiger partial charge in [0.15, 0.2) is 0 Å². The highest BCUT2D eigenvalue weighted by molar-refractivity contribution is 7.87. The first-order valence-electron chi connectivity index (χ1n) is 8.15. The van der Waals surface area contributed by atoms with Crippen molar-refractivity contribution in [3.05, 3.63) is 29.8 Å². The summed E-state index contributed by atoms with van der Waals surface area (Å²) < 4.78 is 28.3. The van der Waals surface area contributed by atoms with Crippen molar-refractivity contribution in [2.45, 2.75) is 39.0 Å². The Hall–Kier alpha value is -1.44. The van der Waals surface area contributed by atoms with Gasteiger partial charge in [0.1, 0.15) is 0 Å². The van der Waals surface area contributed by atoms with Gasteiger partial charge in [0.25, 0.3) is 10.2 Å². The molecule has 1 heterocycles. The van der Waals surface area contributed by atoms with Gasteiger partial charge in [-0.25, -0.2) is 0 Å². The van der Waals surface area contributed by atoms with Crippen LogP contribution in [0.1, 0.15) is 38.2 Å². The first-order chi connectivity index (χ1) is 11.0. The summed E-state index contributed by atoms with van der Waals surface area (Å²) in [6.07, 6.45) is 4.66. The zero-order valence-electron chi connectivity index (χ0n) is 13.5. The largest absolute Gasteiger partial charge is 0.325 e. The summed E-state index contributed by atoms with van der Waals surface area (Å²) in [5, 5.41) is 2.76. The summed E-state index contributed by atoms with van der Waals surface area (Å²) in [7, 11) is -3.59. The Morgan fingerprint density at radius 1 is 1.13 bits per heavy atom. The maximum Gasteiger partial charge on any atom is 0.279 e. The Morgan fingerprint density at radius 2 is 1.78 bits per heavy atom. The van der Waals surface area contributed by atoms with E-state index in [0.717, 1.165) is 43.4 Å². The molecule has 2 N–H and O–H groups in total. The van der Waals surface area contributed by atoms with E-state index in [0.29, 0.717) is 13.1 Å². The van der Waals surface area contributed by atoms with Crippen LogP contribution in [0.15, 0.2) is 24.3 Å². The predicted molar refractivity (Wildman–Crippen MR) is 91.4 cm³/mol. The third-order valence-corrected chi connectivity index (χ3v) is 5.55. The first-order valence-corrected chi connectivity index (χ1v) is 9.59. The number of hydrogen-bond acceptors (Lipinski definition) is 3. The van der Waals surface area contributed by atoms with Gasteiger partial charge in [-0.2, -0.15) is 17.4 Å². The highest BCUT2D eigenvalue weighted by Crippen LogP contribution is 2.15. The van der Waals surface area contributed by atoms with Gasteiger partial charge in [0, 0.05) is 18.8 Å². The fourth-order valence-corrected chi connectivity index (χ4v) is 3.91. The van der Waals surface area contributed by atoms with Crippen LogP contribution in [-0.4, -0.2) is 38.3 Å².